The number of hydrogen-bond donors (Lipinski definition) is 3. The van der Waals surface area contributed by atoms with Gasteiger partial charge in [-0.05, 0) is 6.42 Å². The van der Waals surface area contributed by atoms with E-state index in [0.29, 0.717) is 19.5 Å². The van der Waals surface area contributed by atoms with Crippen molar-refractivity contribution in [3.63, 3.8) is 0 Å². The molecule has 0 saturated carbocycles. The van der Waals surface area contributed by atoms with Gasteiger partial charge in [0.25, 0.3) is 0 Å². The molecule has 1 saturated heterocycles. The SMILES string of the molecule is CC(CNC(=O)N1CCCNC(=O)C1)C(=O)O. The summed E-state index contributed by atoms with van der Waals surface area (Å²) >= 11 is 0. The first-order valence-electron chi connectivity index (χ1n) is 5.53. The van der Waals surface area contributed by atoms with Crippen LogP contribution in [0.25, 0.3) is 0 Å². The highest BCUT2D eigenvalue weighted by molar-refractivity contribution is 5.84. The first kappa shape index (κ1) is 13.3. The van der Waals surface area contributed by atoms with Crippen LogP contribution in [0.5, 0.6) is 0 Å². The van der Waals surface area contributed by atoms with Crippen molar-refractivity contribution in [3.8, 4) is 0 Å². The molecule has 1 unspecified atom stereocenters. The Hall–Kier alpha value is -1.79. The quantitative estimate of drug-likeness (QED) is 0.606. The van der Waals surface area contributed by atoms with Crippen molar-refractivity contribution in [1.29, 1.82) is 0 Å². The van der Waals surface area contributed by atoms with Gasteiger partial charge in [-0.25, -0.2) is 4.79 Å². The van der Waals surface area contributed by atoms with E-state index in [4.69, 9.17) is 5.11 Å². The predicted octanol–water partition coefficient (Wildman–Crippen LogP) is -0.761. The summed E-state index contributed by atoms with van der Waals surface area (Å²) in [4.78, 5) is 34.8. The number of carboxylic acid groups (broad SMARTS) is 1. The number of urea groups is 1. The summed E-state index contributed by atoms with van der Waals surface area (Å²) < 4.78 is 0. The number of carbonyl (C=O) groups excluding carboxylic acids is 2. The van der Waals surface area contributed by atoms with E-state index in [0.717, 1.165) is 0 Å². The average molecular weight is 243 g/mol. The molecule has 0 aromatic rings. The van der Waals surface area contributed by atoms with Gasteiger partial charge in [-0.3, -0.25) is 9.59 Å². The molecule has 1 heterocycles. The van der Waals surface area contributed by atoms with Crippen LogP contribution in [0.15, 0.2) is 0 Å². The Balaban J connectivity index is 2.40. The minimum absolute atomic E-state index is 0.0211. The molecule has 17 heavy (non-hydrogen) atoms. The maximum absolute atomic E-state index is 11.7. The van der Waals surface area contributed by atoms with Gasteiger partial charge in [-0.1, -0.05) is 6.92 Å². The highest BCUT2D eigenvalue weighted by Crippen LogP contribution is 1.98. The monoisotopic (exact) mass is 243 g/mol. The molecule has 1 fully saturated rings. The zero-order valence-electron chi connectivity index (χ0n) is 9.73. The molecule has 3 amide bonds. The number of rotatable bonds is 3. The van der Waals surface area contributed by atoms with Crippen LogP contribution in [0.3, 0.4) is 0 Å². The fraction of sp³-hybridized carbons (Fsp3) is 0.700. The van der Waals surface area contributed by atoms with Crippen LogP contribution in [0.2, 0.25) is 0 Å². The minimum atomic E-state index is -0.959. The zero-order valence-corrected chi connectivity index (χ0v) is 9.73. The highest BCUT2D eigenvalue weighted by Gasteiger charge is 2.20. The smallest absolute Gasteiger partial charge is 0.317 e. The maximum Gasteiger partial charge on any atom is 0.317 e. The molecule has 0 aromatic heterocycles. The molecule has 0 aliphatic carbocycles. The van der Waals surface area contributed by atoms with E-state index < -0.39 is 17.9 Å². The second kappa shape index (κ2) is 6.07. The predicted molar refractivity (Wildman–Crippen MR) is 59.4 cm³/mol. The molecule has 0 aromatic carbocycles. The standard InChI is InChI=1S/C10H17N3O4/c1-7(9(15)16)5-12-10(17)13-4-2-3-11-8(14)6-13/h7H,2-6H2,1H3,(H,11,14)(H,12,17)(H,15,16). The molecule has 3 N–H and O–H groups in total. The number of nitrogens with one attached hydrogen (secondary N) is 2. The van der Waals surface area contributed by atoms with Gasteiger partial charge < -0.3 is 20.6 Å². The number of hydrogen-bond acceptors (Lipinski definition) is 3. The molecule has 1 aliphatic rings. The van der Waals surface area contributed by atoms with Crippen LogP contribution in [0.1, 0.15) is 13.3 Å². The van der Waals surface area contributed by atoms with Crippen molar-refractivity contribution in [2.45, 2.75) is 13.3 Å². The molecular formula is C10H17N3O4. The largest absolute Gasteiger partial charge is 0.481 e. The van der Waals surface area contributed by atoms with Crippen LogP contribution < -0.4 is 10.6 Å². The Bertz CT molecular complexity index is 319. The van der Waals surface area contributed by atoms with E-state index in [2.05, 4.69) is 10.6 Å². The normalized spacial score (nSPS) is 17.9. The van der Waals surface area contributed by atoms with Crippen LogP contribution in [-0.2, 0) is 9.59 Å². The molecule has 0 bridgehead atoms. The third kappa shape index (κ3) is 4.29. The topological polar surface area (TPSA) is 98.7 Å². The van der Waals surface area contributed by atoms with Crippen molar-refractivity contribution in [2.24, 2.45) is 5.92 Å². The van der Waals surface area contributed by atoms with E-state index in [1.807, 2.05) is 0 Å². The molecule has 0 radical (unpaired) electrons. The van der Waals surface area contributed by atoms with Crippen LogP contribution in [-0.4, -0.2) is 54.1 Å². The molecule has 96 valence electrons. The van der Waals surface area contributed by atoms with Crippen LogP contribution >= 0.6 is 0 Å². The molecule has 1 aliphatic heterocycles. The Kier molecular flexibility index (Phi) is 4.74. The first-order chi connectivity index (χ1) is 8.00. The third-order valence-corrected chi connectivity index (χ3v) is 2.53. The lowest BCUT2D eigenvalue weighted by Gasteiger charge is -2.20. The van der Waals surface area contributed by atoms with E-state index in [1.54, 1.807) is 0 Å². The Morgan fingerprint density at radius 3 is 2.94 bits per heavy atom. The average Bonchev–Trinajstić information content (AvgIpc) is 2.50. The number of nitrogens with zero attached hydrogens (tertiary/aromatic N) is 1. The lowest BCUT2D eigenvalue weighted by Crippen LogP contribution is -2.45. The van der Waals surface area contributed by atoms with E-state index >= 15 is 0 Å². The Labute approximate surface area is 99.2 Å². The number of carboxylic acids is 1. The summed E-state index contributed by atoms with van der Waals surface area (Å²) in [5.41, 5.74) is 0. The molecule has 1 atom stereocenters. The van der Waals surface area contributed by atoms with Crippen molar-refractivity contribution in [3.05, 3.63) is 0 Å². The maximum atomic E-state index is 11.7. The lowest BCUT2D eigenvalue weighted by atomic mass is 10.2. The van der Waals surface area contributed by atoms with Gasteiger partial charge in [0.15, 0.2) is 0 Å². The molecule has 7 nitrogen and oxygen atoms in total. The third-order valence-electron chi connectivity index (χ3n) is 2.53. The second-order valence-corrected chi connectivity index (χ2v) is 4.05. The van der Waals surface area contributed by atoms with Crippen molar-refractivity contribution in [1.82, 2.24) is 15.5 Å². The molecule has 1 rings (SSSR count). The van der Waals surface area contributed by atoms with Crippen molar-refractivity contribution >= 4 is 17.9 Å². The molecule has 7 heteroatoms. The van der Waals surface area contributed by atoms with Gasteiger partial charge in [0.1, 0.15) is 6.54 Å². The summed E-state index contributed by atoms with van der Waals surface area (Å²) in [6, 6.07) is -0.393. The van der Waals surface area contributed by atoms with Gasteiger partial charge >= 0.3 is 12.0 Å². The summed E-state index contributed by atoms with van der Waals surface area (Å²) in [5.74, 6) is -1.79. The highest BCUT2D eigenvalue weighted by atomic mass is 16.4. The van der Waals surface area contributed by atoms with Gasteiger partial charge in [0.2, 0.25) is 5.91 Å². The molecular weight excluding hydrogens is 226 g/mol. The first-order valence-corrected chi connectivity index (χ1v) is 5.53. The van der Waals surface area contributed by atoms with E-state index in [9.17, 15) is 14.4 Å². The van der Waals surface area contributed by atoms with Gasteiger partial charge in [0.05, 0.1) is 5.92 Å². The van der Waals surface area contributed by atoms with Crippen molar-refractivity contribution < 1.29 is 19.5 Å². The summed E-state index contributed by atoms with van der Waals surface area (Å²) in [7, 11) is 0. The Morgan fingerprint density at radius 2 is 2.29 bits per heavy atom. The Morgan fingerprint density at radius 1 is 1.59 bits per heavy atom. The summed E-state index contributed by atoms with van der Waals surface area (Å²) in [6.45, 7) is 2.65. The van der Waals surface area contributed by atoms with E-state index in [1.165, 1.54) is 11.8 Å². The van der Waals surface area contributed by atoms with Gasteiger partial charge in [-0.15, -0.1) is 0 Å². The lowest BCUT2D eigenvalue weighted by molar-refractivity contribution is -0.140. The summed E-state index contributed by atoms with van der Waals surface area (Å²) in [6.07, 6.45) is 0.702. The van der Waals surface area contributed by atoms with Gasteiger partial charge in [-0.2, -0.15) is 0 Å². The summed E-state index contributed by atoms with van der Waals surface area (Å²) in [5, 5.41) is 13.8. The molecule has 0 spiro atoms. The fourth-order valence-corrected chi connectivity index (χ4v) is 1.42. The van der Waals surface area contributed by atoms with E-state index in [-0.39, 0.29) is 19.0 Å². The number of amides is 3. The van der Waals surface area contributed by atoms with Crippen LogP contribution in [0.4, 0.5) is 4.79 Å². The second-order valence-electron chi connectivity index (χ2n) is 4.05. The number of carbonyl (C=O) groups is 3. The van der Waals surface area contributed by atoms with Crippen molar-refractivity contribution in [2.75, 3.05) is 26.2 Å². The van der Waals surface area contributed by atoms with Crippen LogP contribution in [0, 0.1) is 5.92 Å². The zero-order chi connectivity index (χ0) is 12.8. The minimum Gasteiger partial charge on any atom is -0.481 e. The van der Waals surface area contributed by atoms with Gasteiger partial charge in [0, 0.05) is 19.6 Å². The number of aliphatic carboxylic acids is 1. The fourth-order valence-electron chi connectivity index (χ4n) is 1.42.